The van der Waals surface area contributed by atoms with Crippen LogP contribution in [0.1, 0.15) is 37.4 Å². The highest BCUT2D eigenvalue weighted by molar-refractivity contribution is 4.85. The first-order valence-corrected chi connectivity index (χ1v) is 5.62. The molecule has 0 aromatic carbocycles. The monoisotopic (exact) mass is 210 g/mol. The van der Waals surface area contributed by atoms with E-state index in [1.165, 1.54) is 25.7 Å². The molecule has 0 aliphatic carbocycles. The van der Waals surface area contributed by atoms with Crippen LogP contribution in [0.25, 0.3) is 0 Å². The van der Waals surface area contributed by atoms with Crippen molar-refractivity contribution in [2.45, 2.75) is 38.8 Å². The van der Waals surface area contributed by atoms with Gasteiger partial charge in [-0.2, -0.15) is 4.98 Å². The SMILES string of the molecule is NCc1noc(CN2CCCCCC2)n1. The van der Waals surface area contributed by atoms with Crippen LogP contribution in [0.3, 0.4) is 0 Å². The second-order valence-electron chi connectivity index (χ2n) is 4.00. The maximum absolute atomic E-state index is 5.42. The highest BCUT2D eigenvalue weighted by Crippen LogP contribution is 2.12. The molecule has 0 radical (unpaired) electrons. The highest BCUT2D eigenvalue weighted by atomic mass is 16.5. The summed E-state index contributed by atoms with van der Waals surface area (Å²) in [6.07, 6.45) is 5.23. The Balaban J connectivity index is 1.89. The van der Waals surface area contributed by atoms with Crippen LogP contribution in [0.15, 0.2) is 4.52 Å². The first-order valence-electron chi connectivity index (χ1n) is 5.62. The number of nitrogens with zero attached hydrogens (tertiary/aromatic N) is 3. The third-order valence-corrected chi connectivity index (χ3v) is 2.75. The van der Waals surface area contributed by atoms with Crippen molar-refractivity contribution in [1.82, 2.24) is 15.0 Å². The van der Waals surface area contributed by atoms with Gasteiger partial charge in [0.2, 0.25) is 5.89 Å². The van der Waals surface area contributed by atoms with Crippen LogP contribution in [-0.4, -0.2) is 28.1 Å². The van der Waals surface area contributed by atoms with Gasteiger partial charge in [-0.15, -0.1) is 0 Å². The number of likely N-dealkylation sites (tertiary alicyclic amines) is 1. The highest BCUT2D eigenvalue weighted by Gasteiger charge is 2.13. The van der Waals surface area contributed by atoms with Crippen molar-refractivity contribution in [2.75, 3.05) is 13.1 Å². The largest absolute Gasteiger partial charge is 0.338 e. The Morgan fingerprint density at radius 3 is 2.53 bits per heavy atom. The molecule has 1 saturated heterocycles. The van der Waals surface area contributed by atoms with Gasteiger partial charge in [-0.25, -0.2) is 0 Å². The first-order chi connectivity index (χ1) is 7.38. The predicted molar refractivity (Wildman–Crippen MR) is 55.9 cm³/mol. The lowest BCUT2D eigenvalue weighted by atomic mass is 10.2. The van der Waals surface area contributed by atoms with Gasteiger partial charge in [0.05, 0.1) is 13.1 Å². The summed E-state index contributed by atoms with van der Waals surface area (Å²) in [6.45, 7) is 3.40. The van der Waals surface area contributed by atoms with Gasteiger partial charge < -0.3 is 10.3 Å². The van der Waals surface area contributed by atoms with Crippen LogP contribution in [0.5, 0.6) is 0 Å². The maximum atomic E-state index is 5.42. The van der Waals surface area contributed by atoms with Crippen LogP contribution in [0.2, 0.25) is 0 Å². The van der Waals surface area contributed by atoms with E-state index in [0.29, 0.717) is 18.3 Å². The molecule has 2 rings (SSSR count). The lowest BCUT2D eigenvalue weighted by molar-refractivity contribution is 0.233. The van der Waals surface area contributed by atoms with Crippen molar-refractivity contribution in [3.8, 4) is 0 Å². The standard InChI is InChI=1S/C10H18N4O/c11-7-9-12-10(15-13-9)8-14-5-3-1-2-4-6-14/h1-8,11H2. The van der Waals surface area contributed by atoms with E-state index in [1.54, 1.807) is 0 Å². The van der Waals surface area contributed by atoms with Crippen molar-refractivity contribution < 1.29 is 4.52 Å². The lowest BCUT2D eigenvalue weighted by Gasteiger charge is -2.16. The summed E-state index contributed by atoms with van der Waals surface area (Å²) in [7, 11) is 0. The van der Waals surface area contributed by atoms with Gasteiger partial charge in [0, 0.05) is 0 Å². The van der Waals surface area contributed by atoms with Gasteiger partial charge in [0.1, 0.15) is 0 Å². The van der Waals surface area contributed by atoms with E-state index in [0.717, 1.165) is 19.6 Å². The molecule has 1 fully saturated rings. The second-order valence-corrected chi connectivity index (χ2v) is 4.00. The molecule has 2 N–H and O–H groups in total. The van der Waals surface area contributed by atoms with Crippen LogP contribution in [0.4, 0.5) is 0 Å². The zero-order chi connectivity index (χ0) is 10.5. The molecule has 0 amide bonds. The zero-order valence-electron chi connectivity index (χ0n) is 8.98. The van der Waals surface area contributed by atoms with Crippen molar-refractivity contribution in [1.29, 1.82) is 0 Å². The molecular weight excluding hydrogens is 192 g/mol. The van der Waals surface area contributed by atoms with Crippen molar-refractivity contribution in [3.05, 3.63) is 11.7 Å². The van der Waals surface area contributed by atoms with E-state index in [-0.39, 0.29) is 0 Å². The van der Waals surface area contributed by atoms with Crippen LogP contribution >= 0.6 is 0 Å². The summed E-state index contributed by atoms with van der Waals surface area (Å²) in [5.74, 6) is 1.29. The fraction of sp³-hybridized carbons (Fsp3) is 0.800. The molecule has 84 valence electrons. The van der Waals surface area contributed by atoms with E-state index in [1.807, 2.05) is 0 Å². The van der Waals surface area contributed by atoms with Crippen molar-refractivity contribution >= 4 is 0 Å². The van der Waals surface area contributed by atoms with E-state index in [4.69, 9.17) is 10.3 Å². The number of rotatable bonds is 3. The Morgan fingerprint density at radius 2 is 1.93 bits per heavy atom. The van der Waals surface area contributed by atoms with Crippen LogP contribution in [0, 0.1) is 0 Å². The molecule has 1 aliphatic rings. The summed E-state index contributed by atoms with van der Waals surface area (Å²) < 4.78 is 5.12. The topological polar surface area (TPSA) is 68.2 Å². The number of nitrogens with two attached hydrogens (primary N) is 1. The normalized spacial score (nSPS) is 19.0. The molecule has 1 aromatic heterocycles. The summed E-state index contributed by atoms with van der Waals surface area (Å²) in [4.78, 5) is 6.58. The molecule has 1 aromatic rings. The van der Waals surface area contributed by atoms with Crippen molar-refractivity contribution in [2.24, 2.45) is 5.73 Å². The minimum absolute atomic E-state index is 0.351. The van der Waals surface area contributed by atoms with Gasteiger partial charge >= 0.3 is 0 Å². The Bertz CT molecular complexity index is 291. The lowest BCUT2D eigenvalue weighted by Crippen LogP contribution is -2.24. The average molecular weight is 210 g/mol. The van der Waals surface area contributed by atoms with Crippen LogP contribution < -0.4 is 5.73 Å². The molecule has 5 nitrogen and oxygen atoms in total. The Morgan fingerprint density at radius 1 is 1.20 bits per heavy atom. The predicted octanol–water partition coefficient (Wildman–Crippen LogP) is 0.904. The molecule has 0 saturated carbocycles. The zero-order valence-corrected chi connectivity index (χ0v) is 8.98. The van der Waals surface area contributed by atoms with Crippen molar-refractivity contribution in [3.63, 3.8) is 0 Å². The summed E-state index contributed by atoms with van der Waals surface area (Å²) in [6, 6.07) is 0. The Hall–Kier alpha value is -0.940. The summed E-state index contributed by atoms with van der Waals surface area (Å²) >= 11 is 0. The van der Waals surface area contributed by atoms with Gasteiger partial charge in [0.25, 0.3) is 0 Å². The molecule has 5 heteroatoms. The molecule has 0 spiro atoms. The number of aromatic nitrogens is 2. The Labute approximate surface area is 89.6 Å². The average Bonchev–Trinajstić information content (AvgIpc) is 2.54. The Kier molecular flexibility index (Phi) is 3.69. The van der Waals surface area contributed by atoms with E-state index >= 15 is 0 Å². The molecule has 0 bridgehead atoms. The van der Waals surface area contributed by atoms with E-state index in [2.05, 4.69) is 15.0 Å². The number of hydrogen-bond acceptors (Lipinski definition) is 5. The molecule has 0 unspecified atom stereocenters. The number of hydrogen-bond donors (Lipinski definition) is 1. The fourth-order valence-corrected chi connectivity index (χ4v) is 1.92. The van der Waals surface area contributed by atoms with E-state index < -0.39 is 0 Å². The molecule has 1 aliphatic heterocycles. The van der Waals surface area contributed by atoms with Crippen LogP contribution in [-0.2, 0) is 13.1 Å². The third-order valence-electron chi connectivity index (χ3n) is 2.75. The van der Waals surface area contributed by atoms with Gasteiger partial charge in [-0.05, 0) is 25.9 Å². The fourth-order valence-electron chi connectivity index (χ4n) is 1.92. The van der Waals surface area contributed by atoms with E-state index in [9.17, 15) is 0 Å². The quantitative estimate of drug-likeness (QED) is 0.803. The second kappa shape index (κ2) is 5.23. The van der Waals surface area contributed by atoms with Gasteiger partial charge in [0.15, 0.2) is 5.82 Å². The summed E-state index contributed by atoms with van der Waals surface area (Å²) in [5, 5.41) is 3.79. The first kappa shape index (κ1) is 10.6. The summed E-state index contributed by atoms with van der Waals surface area (Å²) in [5.41, 5.74) is 5.42. The van der Waals surface area contributed by atoms with Gasteiger partial charge in [-0.3, -0.25) is 4.90 Å². The third kappa shape index (κ3) is 3.00. The molecule has 15 heavy (non-hydrogen) atoms. The smallest absolute Gasteiger partial charge is 0.240 e. The molecular formula is C10H18N4O. The molecule has 2 heterocycles. The maximum Gasteiger partial charge on any atom is 0.240 e. The minimum Gasteiger partial charge on any atom is -0.338 e. The van der Waals surface area contributed by atoms with Gasteiger partial charge in [-0.1, -0.05) is 18.0 Å². The minimum atomic E-state index is 0.351. The molecule has 0 atom stereocenters.